The minimum Gasteiger partial charge on any atom is -0.490 e. The summed E-state index contributed by atoms with van der Waals surface area (Å²) in [6.45, 7) is 3.24. The van der Waals surface area contributed by atoms with Gasteiger partial charge in [-0.25, -0.2) is 0 Å². The van der Waals surface area contributed by atoms with Gasteiger partial charge in [-0.05, 0) is 36.8 Å². The smallest absolute Gasteiger partial charge is 0.308 e. The van der Waals surface area contributed by atoms with Gasteiger partial charge in [0, 0.05) is 33.3 Å². The predicted molar refractivity (Wildman–Crippen MR) is 123 cm³/mol. The molecule has 3 rings (SSSR count). The van der Waals surface area contributed by atoms with Gasteiger partial charge in [-0.3, -0.25) is 4.79 Å². The van der Waals surface area contributed by atoms with E-state index < -0.39 is 12.1 Å². The molecule has 0 aliphatic rings. The molecule has 0 N–H and O–H groups in total. The molecule has 32 heavy (non-hydrogen) atoms. The first-order chi connectivity index (χ1) is 15.3. The van der Waals surface area contributed by atoms with Crippen LogP contribution in [0.2, 0.25) is 10.0 Å². The molecule has 0 spiro atoms. The molecule has 3 aromatic rings. The Morgan fingerprint density at radius 3 is 2.25 bits per heavy atom. The third-order valence-corrected chi connectivity index (χ3v) is 5.41. The van der Waals surface area contributed by atoms with Crippen LogP contribution in [-0.4, -0.2) is 20.2 Å². The number of nitrogens with zero attached hydrogens (tertiary/aromatic N) is 1. The summed E-state index contributed by atoms with van der Waals surface area (Å²) in [4.78, 5) is 11.8. The monoisotopic (exact) mass is 473 g/mol. The zero-order valence-electron chi connectivity index (χ0n) is 18.0. The van der Waals surface area contributed by atoms with Crippen molar-refractivity contribution >= 4 is 39.9 Å². The molecule has 0 aromatic heterocycles. The standard InChI is InChI=1S/C24H21Cl2NO5/c1-5-20(17-9-7-15(25)11-19(17)26)32-21-16-8-6-14(12-27)10-18(16)22(31-13(2)28)24(30-4)23(21)29-3/h6-11,20H,5H2,1-4H3. The number of rotatable bonds is 7. The van der Waals surface area contributed by atoms with E-state index in [2.05, 4.69) is 6.07 Å². The molecule has 1 unspecified atom stereocenters. The molecule has 8 heteroatoms. The molecule has 0 saturated heterocycles. The molecule has 0 saturated carbocycles. The van der Waals surface area contributed by atoms with Gasteiger partial charge in [-0.1, -0.05) is 36.2 Å². The largest absolute Gasteiger partial charge is 0.490 e. The maximum atomic E-state index is 11.8. The Bertz CT molecular complexity index is 1220. The topological polar surface area (TPSA) is 77.8 Å². The molecular formula is C24H21Cl2NO5. The summed E-state index contributed by atoms with van der Waals surface area (Å²) in [6.07, 6.45) is 0.160. The molecule has 166 valence electrons. The maximum Gasteiger partial charge on any atom is 0.308 e. The van der Waals surface area contributed by atoms with Gasteiger partial charge in [0.05, 0.1) is 25.9 Å². The average molecular weight is 474 g/mol. The fraction of sp³-hybridized carbons (Fsp3) is 0.250. The van der Waals surface area contributed by atoms with Crippen LogP contribution in [0.25, 0.3) is 10.8 Å². The number of hydrogen-bond acceptors (Lipinski definition) is 6. The lowest BCUT2D eigenvalue weighted by atomic mass is 10.0. The second kappa shape index (κ2) is 9.99. The Labute approximate surface area is 196 Å². The van der Waals surface area contributed by atoms with Gasteiger partial charge in [0.2, 0.25) is 11.5 Å². The highest BCUT2D eigenvalue weighted by atomic mass is 35.5. The van der Waals surface area contributed by atoms with Crippen molar-refractivity contribution < 1.29 is 23.7 Å². The third-order valence-electron chi connectivity index (χ3n) is 4.85. The first-order valence-electron chi connectivity index (χ1n) is 9.76. The lowest BCUT2D eigenvalue weighted by Crippen LogP contribution is -2.10. The number of halogens is 2. The minimum atomic E-state index is -0.540. The number of carbonyl (C=O) groups excluding carboxylic acids is 1. The van der Waals surface area contributed by atoms with E-state index in [9.17, 15) is 10.1 Å². The number of methoxy groups -OCH3 is 2. The van der Waals surface area contributed by atoms with E-state index in [0.29, 0.717) is 38.6 Å². The van der Waals surface area contributed by atoms with E-state index in [1.54, 1.807) is 30.3 Å². The number of hydrogen-bond donors (Lipinski definition) is 0. The fourth-order valence-electron chi connectivity index (χ4n) is 3.45. The molecular weight excluding hydrogens is 453 g/mol. The summed E-state index contributed by atoms with van der Waals surface area (Å²) in [5, 5.41) is 11.4. The lowest BCUT2D eigenvalue weighted by molar-refractivity contribution is -0.131. The van der Waals surface area contributed by atoms with Gasteiger partial charge in [0.25, 0.3) is 0 Å². The molecule has 6 nitrogen and oxygen atoms in total. The molecule has 0 aliphatic heterocycles. The summed E-state index contributed by atoms with van der Waals surface area (Å²) in [5.41, 5.74) is 1.14. The van der Waals surface area contributed by atoms with Crippen LogP contribution in [0.15, 0.2) is 36.4 Å². The number of carbonyl (C=O) groups is 1. The number of ether oxygens (including phenoxy) is 4. The minimum absolute atomic E-state index is 0.147. The van der Waals surface area contributed by atoms with Crippen LogP contribution in [0.3, 0.4) is 0 Å². The van der Waals surface area contributed by atoms with Crippen molar-refractivity contribution in [2.75, 3.05) is 14.2 Å². The molecule has 1 atom stereocenters. The van der Waals surface area contributed by atoms with Crippen LogP contribution in [0.4, 0.5) is 0 Å². The Morgan fingerprint density at radius 2 is 1.69 bits per heavy atom. The predicted octanol–water partition coefficient (Wildman–Crippen LogP) is 6.49. The van der Waals surface area contributed by atoms with Crippen LogP contribution in [0.5, 0.6) is 23.0 Å². The highest BCUT2D eigenvalue weighted by molar-refractivity contribution is 6.35. The SMILES string of the molecule is CCC(Oc1c(OC)c(OC)c(OC(C)=O)c2cc(C#N)ccc12)c1ccc(Cl)cc1Cl. The maximum absolute atomic E-state index is 11.8. The average Bonchev–Trinajstić information content (AvgIpc) is 2.77. The van der Waals surface area contributed by atoms with Crippen LogP contribution in [0, 0.1) is 11.3 Å². The van der Waals surface area contributed by atoms with E-state index in [1.165, 1.54) is 21.1 Å². The molecule has 0 fully saturated rings. The van der Waals surface area contributed by atoms with Gasteiger partial charge < -0.3 is 18.9 Å². The van der Waals surface area contributed by atoms with Crippen molar-refractivity contribution in [2.45, 2.75) is 26.4 Å². The molecule has 3 aromatic carbocycles. The molecule has 0 bridgehead atoms. The quantitative estimate of drug-likeness (QED) is 0.288. The lowest BCUT2D eigenvalue weighted by Gasteiger charge is -2.24. The van der Waals surface area contributed by atoms with Gasteiger partial charge >= 0.3 is 5.97 Å². The Morgan fingerprint density at radius 1 is 1.00 bits per heavy atom. The number of esters is 1. The van der Waals surface area contributed by atoms with Crippen molar-refractivity contribution in [1.82, 2.24) is 0 Å². The molecule has 0 aliphatic carbocycles. The van der Waals surface area contributed by atoms with Gasteiger partial charge in [-0.15, -0.1) is 0 Å². The van der Waals surface area contributed by atoms with Crippen molar-refractivity contribution in [3.8, 4) is 29.1 Å². The highest BCUT2D eigenvalue weighted by Crippen LogP contribution is 2.52. The van der Waals surface area contributed by atoms with Crippen LogP contribution in [-0.2, 0) is 4.79 Å². The van der Waals surface area contributed by atoms with E-state index in [0.717, 1.165) is 5.56 Å². The number of benzene rings is 3. The van der Waals surface area contributed by atoms with Gasteiger partial charge in [0.1, 0.15) is 6.10 Å². The van der Waals surface area contributed by atoms with Crippen molar-refractivity contribution in [1.29, 1.82) is 5.26 Å². The van der Waals surface area contributed by atoms with E-state index in [1.807, 2.05) is 13.0 Å². The van der Waals surface area contributed by atoms with Crippen molar-refractivity contribution in [3.05, 3.63) is 57.6 Å². The van der Waals surface area contributed by atoms with Crippen molar-refractivity contribution in [3.63, 3.8) is 0 Å². The number of nitriles is 1. The summed E-state index contributed by atoms with van der Waals surface area (Å²) in [5.74, 6) is 0.412. The molecule has 0 heterocycles. The second-order valence-electron chi connectivity index (χ2n) is 6.87. The summed E-state index contributed by atoms with van der Waals surface area (Å²) < 4.78 is 23.0. The fourth-order valence-corrected chi connectivity index (χ4v) is 3.99. The summed E-state index contributed by atoms with van der Waals surface area (Å²) in [6, 6.07) is 12.3. The highest BCUT2D eigenvalue weighted by Gasteiger charge is 2.27. The first-order valence-corrected chi connectivity index (χ1v) is 10.5. The summed E-state index contributed by atoms with van der Waals surface area (Å²) >= 11 is 12.5. The first kappa shape index (κ1) is 23.5. The Hall–Kier alpha value is -3.14. The third kappa shape index (κ3) is 4.55. The summed E-state index contributed by atoms with van der Waals surface area (Å²) in [7, 11) is 2.90. The van der Waals surface area contributed by atoms with Crippen LogP contribution < -0.4 is 18.9 Å². The Balaban J connectivity index is 2.29. The normalized spacial score (nSPS) is 11.5. The van der Waals surface area contributed by atoms with E-state index in [4.69, 9.17) is 42.1 Å². The second-order valence-corrected chi connectivity index (χ2v) is 7.71. The zero-order chi connectivity index (χ0) is 23.4. The van der Waals surface area contributed by atoms with Gasteiger partial charge in [-0.2, -0.15) is 5.26 Å². The van der Waals surface area contributed by atoms with Gasteiger partial charge in [0.15, 0.2) is 11.5 Å². The Kier molecular flexibility index (Phi) is 7.34. The number of fused-ring (bicyclic) bond motifs is 1. The zero-order valence-corrected chi connectivity index (χ0v) is 19.5. The van der Waals surface area contributed by atoms with E-state index in [-0.39, 0.29) is 17.2 Å². The van der Waals surface area contributed by atoms with Crippen molar-refractivity contribution in [2.24, 2.45) is 0 Å². The molecule has 0 amide bonds. The molecule has 0 radical (unpaired) electrons. The van der Waals surface area contributed by atoms with E-state index >= 15 is 0 Å². The van der Waals surface area contributed by atoms with Crippen LogP contribution in [0.1, 0.15) is 37.5 Å². The van der Waals surface area contributed by atoms with Crippen LogP contribution >= 0.6 is 23.2 Å².